The summed E-state index contributed by atoms with van der Waals surface area (Å²) >= 11 is 0. The van der Waals surface area contributed by atoms with Crippen molar-refractivity contribution in [1.82, 2.24) is 15.1 Å². The highest BCUT2D eigenvalue weighted by molar-refractivity contribution is 5.09. The summed E-state index contributed by atoms with van der Waals surface area (Å²) in [6.07, 6.45) is 6.69. The third kappa shape index (κ3) is 2.38. The topological polar surface area (TPSA) is 39.1 Å². The Bertz CT molecular complexity index is 317. The van der Waals surface area contributed by atoms with Gasteiger partial charge in [0.1, 0.15) is 0 Å². The molecular formula is C11H19N3O. The normalized spacial score (nSPS) is 27.4. The molecule has 0 radical (unpaired) electrons. The number of methoxy groups -OCH3 is 1. The molecule has 84 valence electrons. The Morgan fingerprint density at radius 2 is 2.33 bits per heavy atom. The number of ether oxygens (including phenoxy) is 1. The zero-order valence-electron chi connectivity index (χ0n) is 9.60. The van der Waals surface area contributed by atoms with Gasteiger partial charge in [-0.25, -0.2) is 0 Å². The van der Waals surface area contributed by atoms with E-state index < -0.39 is 0 Å². The molecule has 1 aliphatic carbocycles. The van der Waals surface area contributed by atoms with E-state index in [0.717, 1.165) is 12.8 Å². The van der Waals surface area contributed by atoms with Gasteiger partial charge >= 0.3 is 0 Å². The highest BCUT2D eigenvalue weighted by atomic mass is 16.5. The molecule has 1 unspecified atom stereocenters. The zero-order chi connectivity index (χ0) is 10.8. The zero-order valence-corrected chi connectivity index (χ0v) is 9.60. The molecule has 0 amide bonds. The van der Waals surface area contributed by atoms with Gasteiger partial charge in [0, 0.05) is 38.0 Å². The molecule has 0 aliphatic heterocycles. The van der Waals surface area contributed by atoms with Crippen molar-refractivity contribution in [2.24, 2.45) is 7.05 Å². The van der Waals surface area contributed by atoms with Crippen molar-refractivity contribution in [3.63, 3.8) is 0 Å². The molecule has 0 bridgehead atoms. The Morgan fingerprint density at radius 3 is 2.87 bits per heavy atom. The van der Waals surface area contributed by atoms with Gasteiger partial charge in [0.15, 0.2) is 0 Å². The summed E-state index contributed by atoms with van der Waals surface area (Å²) < 4.78 is 7.09. The van der Waals surface area contributed by atoms with Gasteiger partial charge in [-0.2, -0.15) is 5.10 Å². The fourth-order valence-corrected chi connectivity index (χ4v) is 2.01. The molecule has 1 heterocycles. The molecule has 1 saturated carbocycles. The lowest BCUT2D eigenvalue weighted by Gasteiger charge is -2.36. The van der Waals surface area contributed by atoms with Crippen molar-refractivity contribution < 1.29 is 4.74 Å². The first kappa shape index (κ1) is 10.6. The van der Waals surface area contributed by atoms with E-state index >= 15 is 0 Å². The van der Waals surface area contributed by atoms with Gasteiger partial charge in [-0.05, 0) is 19.8 Å². The predicted molar refractivity (Wildman–Crippen MR) is 58.6 cm³/mol. The largest absolute Gasteiger partial charge is 0.381 e. The number of hydrogen-bond donors (Lipinski definition) is 1. The summed E-state index contributed by atoms with van der Waals surface area (Å²) in [6, 6.07) is 0.978. The first-order chi connectivity index (χ1) is 7.19. The summed E-state index contributed by atoms with van der Waals surface area (Å²) in [5, 5.41) is 7.75. The molecule has 4 heteroatoms. The van der Waals surface area contributed by atoms with Crippen LogP contribution < -0.4 is 5.32 Å². The first-order valence-corrected chi connectivity index (χ1v) is 5.46. The van der Waals surface area contributed by atoms with Crippen molar-refractivity contribution in [3.05, 3.63) is 18.0 Å². The molecule has 1 aromatic heterocycles. The number of rotatable bonds is 4. The second-order valence-corrected chi connectivity index (χ2v) is 4.36. The van der Waals surface area contributed by atoms with Crippen LogP contribution in [0.15, 0.2) is 12.4 Å². The quantitative estimate of drug-likeness (QED) is 0.811. The Labute approximate surface area is 90.6 Å². The van der Waals surface area contributed by atoms with Crippen LogP contribution in [0.2, 0.25) is 0 Å². The molecular weight excluding hydrogens is 190 g/mol. The Balaban J connectivity index is 1.81. The van der Waals surface area contributed by atoms with E-state index in [-0.39, 0.29) is 0 Å². The number of hydrogen-bond acceptors (Lipinski definition) is 3. The molecule has 4 nitrogen and oxygen atoms in total. The Morgan fingerprint density at radius 1 is 1.60 bits per heavy atom. The molecule has 1 atom stereocenters. The van der Waals surface area contributed by atoms with Crippen molar-refractivity contribution >= 4 is 0 Å². The first-order valence-electron chi connectivity index (χ1n) is 5.46. The smallest absolute Gasteiger partial charge is 0.0601 e. The number of aryl methyl sites for hydroxylation is 1. The average Bonchev–Trinajstić information content (AvgIpc) is 2.57. The maximum atomic E-state index is 5.25. The summed E-state index contributed by atoms with van der Waals surface area (Å²) in [5.41, 5.74) is 1.25. The van der Waals surface area contributed by atoms with E-state index in [4.69, 9.17) is 4.74 Å². The van der Waals surface area contributed by atoms with Crippen LogP contribution in [0.1, 0.15) is 31.4 Å². The van der Waals surface area contributed by atoms with Crippen LogP contribution >= 0.6 is 0 Å². The van der Waals surface area contributed by atoms with Crippen molar-refractivity contribution in [2.75, 3.05) is 7.11 Å². The predicted octanol–water partition coefficient (Wildman–Crippen LogP) is 1.25. The SMILES string of the molecule is COC1CC(NC(C)c2cnn(C)c2)C1. The van der Waals surface area contributed by atoms with Crippen LogP contribution in [0, 0.1) is 0 Å². The van der Waals surface area contributed by atoms with Crippen LogP contribution in [-0.4, -0.2) is 29.0 Å². The van der Waals surface area contributed by atoms with Gasteiger partial charge in [0.25, 0.3) is 0 Å². The van der Waals surface area contributed by atoms with Gasteiger partial charge in [-0.1, -0.05) is 0 Å². The van der Waals surface area contributed by atoms with Gasteiger partial charge in [0.05, 0.1) is 12.3 Å². The second-order valence-electron chi connectivity index (χ2n) is 4.36. The summed E-state index contributed by atoms with van der Waals surface area (Å²) in [5.74, 6) is 0. The average molecular weight is 209 g/mol. The Kier molecular flexibility index (Phi) is 3.07. The third-order valence-corrected chi connectivity index (χ3v) is 3.14. The standard InChI is InChI=1S/C11H19N3O/c1-8(9-6-12-14(2)7-9)13-10-4-11(5-10)15-3/h6-8,10-11,13H,4-5H2,1-3H3. The van der Waals surface area contributed by atoms with Crippen LogP contribution in [-0.2, 0) is 11.8 Å². The molecule has 0 aromatic carbocycles. The van der Waals surface area contributed by atoms with Crippen LogP contribution in [0.4, 0.5) is 0 Å². The minimum atomic E-state index is 0.376. The molecule has 0 saturated heterocycles. The van der Waals surface area contributed by atoms with Crippen LogP contribution in [0.3, 0.4) is 0 Å². The number of nitrogens with zero attached hydrogens (tertiary/aromatic N) is 2. The number of aromatic nitrogens is 2. The maximum absolute atomic E-state index is 5.25. The van der Waals surface area contributed by atoms with E-state index in [1.54, 1.807) is 7.11 Å². The van der Waals surface area contributed by atoms with Crippen molar-refractivity contribution in [2.45, 2.75) is 38.0 Å². The lowest BCUT2D eigenvalue weighted by molar-refractivity contribution is 0.0147. The highest BCUT2D eigenvalue weighted by Crippen LogP contribution is 2.25. The van der Waals surface area contributed by atoms with Gasteiger partial charge in [-0.3, -0.25) is 4.68 Å². The van der Waals surface area contributed by atoms with E-state index in [1.165, 1.54) is 5.56 Å². The fourth-order valence-electron chi connectivity index (χ4n) is 2.01. The molecule has 2 rings (SSSR count). The molecule has 0 spiro atoms. The molecule has 1 aromatic rings. The van der Waals surface area contributed by atoms with Crippen molar-refractivity contribution in [3.8, 4) is 0 Å². The van der Waals surface area contributed by atoms with E-state index in [2.05, 4.69) is 23.5 Å². The van der Waals surface area contributed by atoms with E-state index in [0.29, 0.717) is 18.2 Å². The third-order valence-electron chi connectivity index (χ3n) is 3.14. The minimum absolute atomic E-state index is 0.376. The Hall–Kier alpha value is -0.870. The lowest BCUT2D eigenvalue weighted by Crippen LogP contribution is -2.45. The van der Waals surface area contributed by atoms with E-state index in [9.17, 15) is 0 Å². The van der Waals surface area contributed by atoms with Gasteiger partial charge in [0.2, 0.25) is 0 Å². The lowest BCUT2D eigenvalue weighted by atomic mass is 9.88. The summed E-state index contributed by atoms with van der Waals surface area (Å²) in [4.78, 5) is 0. The van der Waals surface area contributed by atoms with Crippen LogP contribution in [0.25, 0.3) is 0 Å². The molecule has 1 aliphatic rings. The minimum Gasteiger partial charge on any atom is -0.381 e. The number of nitrogens with one attached hydrogen (secondary N) is 1. The summed E-state index contributed by atoms with van der Waals surface area (Å²) in [7, 11) is 3.73. The monoisotopic (exact) mass is 209 g/mol. The van der Waals surface area contributed by atoms with Gasteiger partial charge in [-0.15, -0.1) is 0 Å². The summed E-state index contributed by atoms with van der Waals surface area (Å²) in [6.45, 7) is 2.18. The second kappa shape index (κ2) is 4.33. The maximum Gasteiger partial charge on any atom is 0.0601 e. The fraction of sp³-hybridized carbons (Fsp3) is 0.727. The van der Waals surface area contributed by atoms with E-state index in [1.807, 2.05) is 17.9 Å². The molecule has 1 fully saturated rings. The van der Waals surface area contributed by atoms with Crippen molar-refractivity contribution in [1.29, 1.82) is 0 Å². The van der Waals surface area contributed by atoms with Crippen LogP contribution in [0.5, 0.6) is 0 Å². The molecule has 1 N–H and O–H groups in total. The highest BCUT2D eigenvalue weighted by Gasteiger charge is 2.29. The van der Waals surface area contributed by atoms with Gasteiger partial charge < -0.3 is 10.1 Å². The molecule has 15 heavy (non-hydrogen) atoms.